The van der Waals surface area contributed by atoms with Crippen molar-refractivity contribution >= 4 is 21.8 Å². The molecule has 0 radical (unpaired) electrons. The highest BCUT2D eigenvalue weighted by Gasteiger charge is 2.15. The summed E-state index contributed by atoms with van der Waals surface area (Å²) in [5.41, 5.74) is 5.28. The van der Waals surface area contributed by atoms with Gasteiger partial charge in [0.05, 0.1) is 11.0 Å². The number of hydrogen-bond acceptors (Lipinski definition) is 3. The highest BCUT2D eigenvalue weighted by atomic mass is 79.9. The Morgan fingerprint density at radius 1 is 1.47 bits per heavy atom. The Bertz CT molecular complexity index is 642. The van der Waals surface area contributed by atoms with Gasteiger partial charge in [-0.25, -0.2) is 13.8 Å². The van der Waals surface area contributed by atoms with E-state index >= 15 is 0 Å². The Hall–Kier alpha value is -1.96. The fraction of sp³-hybridized carbons (Fsp3) is 0.0909. The van der Waals surface area contributed by atoms with Crippen molar-refractivity contribution in [3.05, 3.63) is 52.0 Å². The van der Waals surface area contributed by atoms with E-state index in [2.05, 4.69) is 26.1 Å². The van der Waals surface area contributed by atoms with E-state index in [0.29, 0.717) is 0 Å². The molecule has 0 bridgehead atoms. The van der Waals surface area contributed by atoms with Crippen LogP contribution in [-0.4, -0.2) is 20.6 Å². The summed E-state index contributed by atoms with van der Waals surface area (Å²) < 4.78 is 29.0. The van der Waals surface area contributed by atoms with Crippen LogP contribution < -0.4 is 5.73 Å². The number of rotatable bonds is 3. The fourth-order valence-corrected chi connectivity index (χ4v) is 1.97. The zero-order valence-electron chi connectivity index (χ0n) is 9.52. The van der Waals surface area contributed by atoms with E-state index < -0.39 is 11.6 Å². The maximum absolute atomic E-state index is 13.8. The molecule has 8 heteroatoms. The second-order valence-electron chi connectivity index (χ2n) is 3.69. The molecule has 3 N–H and O–H groups in total. The van der Waals surface area contributed by atoms with Gasteiger partial charge >= 0.3 is 0 Å². The van der Waals surface area contributed by atoms with Gasteiger partial charge in [0.1, 0.15) is 11.6 Å². The summed E-state index contributed by atoms with van der Waals surface area (Å²) in [4.78, 5) is 3.86. The number of benzene rings is 1. The maximum Gasteiger partial charge on any atom is 0.206 e. The molecule has 19 heavy (non-hydrogen) atoms. The average molecular weight is 331 g/mol. The molecule has 0 saturated heterocycles. The van der Waals surface area contributed by atoms with Crippen molar-refractivity contribution in [1.82, 2.24) is 9.55 Å². The highest BCUT2D eigenvalue weighted by Crippen LogP contribution is 2.22. The molecule has 5 nitrogen and oxygen atoms in total. The lowest BCUT2D eigenvalue weighted by molar-refractivity contribution is 0.318. The van der Waals surface area contributed by atoms with Crippen LogP contribution in [0.3, 0.4) is 0 Å². The van der Waals surface area contributed by atoms with Crippen LogP contribution in [0, 0.1) is 11.6 Å². The number of nitrogens with zero attached hydrogens (tertiary/aromatic N) is 3. The fourth-order valence-electron chi connectivity index (χ4n) is 1.60. The average Bonchev–Trinajstić information content (AvgIpc) is 2.86. The third-order valence-electron chi connectivity index (χ3n) is 2.52. The summed E-state index contributed by atoms with van der Waals surface area (Å²) in [6.45, 7) is -0.122. The zero-order valence-corrected chi connectivity index (χ0v) is 11.1. The normalized spacial score (nSPS) is 11.8. The van der Waals surface area contributed by atoms with Crippen LogP contribution in [-0.2, 0) is 6.54 Å². The van der Waals surface area contributed by atoms with E-state index in [1.807, 2.05) is 0 Å². The highest BCUT2D eigenvalue weighted by molar-refractivity contribution is 9.10. The number of amidine groups is 1. The minimum absolute atomic E-state index is 0.122. The molecule has 0 unspecified atom stereocenters. The minimum Gasteiger partial charge on any atom is -0.409 e. The van der Waals surface area contributed by atoms with E-state index in [4.69, 9.17) is 10.9 Å². The number of nitrogens with two attached hydrogens (primary N) is 1. The Kier molecular flexibility index (Phi) is 3.79. The van der Waals surface area contributed by atoms with Gasteiger partial charge in [0.15, 0.2) is 5.82 Å². The SMILES string of the molecule is N/C(=N/O)c1nccn1Cc1c(F)ccc(Br)c1F. The van der Waals surface area contributed by atoms with Crippen LogP contribution in [0.25, 0.3) is 0 Å². The minimum atomic E-state index is -0.695. The molecule has 1 aromatic heterocycles. The third-order valence-corrected chi connectivity index (χ3v) is 3.13. The first-order valence-corrected chi connectivity index (χ1v) is 5.95. The summed E-state index contributed by atoms with van der Waals surface area (Å²) in [7, 11) is 0. The summed E-state index contributed by atoms with van der Waals surface area (Å²) in [5.74, 6) is -1.49. The van der Waals surface area contributed by atoms with Gasteiger partial charge in [0.25, 0.3) is 0 Å². The van der Waals surface area contributed by atoms with Crippen LogP contribution in [0.5, 0.6) is 0 Å². The first-order chi connectivity index (χ1) is 9.04. The van der Waals surface area contributed by atoms with Crippen molar-refractivity contribution in [2.45, 2.75) is 6.54 Å². The number of hydrogen-bond donors (Lipinski definition) is 2. The van der Waals surface area contributed by atoms with Gasteiger partial charge in [-0.05, 0) is 28.1 Å². The van der Waals surface area contributed by atoms with Gasteiger partial charge in [0.2, 0.25) is 5.84 Å². The zero-order chi connectivity index (χ0) is 14.0. The largest absolute Gasteiger partial charge is 0.409 e. The van der Waals surface area contributed by atoms with Crippen LogP contribution in [0.1, 0.15) is 11.4 Å². The predicted molar refractivity (Wildman–Crippen MR) is 67.9 cm³/mol. The molecule has 100 valence electrons. The smallest absolute Gasteiger partial charge is 0.206 e. The molecule has 0 atom stereocenters. The topological polar surface area (TPSA) is 76.4 Å². The van der Waals surface area contributed by atoms with Gasteiger partial charge in [-0.15, -0.1) is 0 Å². The first-order valence-electron chi connectivity index (χ1n) is 5.16. The van der Waals surface area contributed by atoms with E-state index in [9.17, 15) is 8.78 Å². The van der Waals surface area contributed by atoms with Crippen LogP contribution in [0.4, 0.5) is 8.78 Å². The molecular weight excluding hydrogens is 322 g/mol. The monoisotopic (exact) mass is 330 g/mol. The van der Waals surface area contributed by atoms with Crippen molar-refractivity contribution in [3.8, 4) is 0 Å². The number of aromatic nitrogens is 2. The molecule has 1 aromatic carbocycles. The molecule has 0 aliphatic rings. The lowest BCUT2D eigenvalue weighted by Crippen LogP contribution is -2.20. The van der Waals surface area contributed by atoms with Crippen LogP contribution in [0.2, 0.25) is 0 Å². The maximum atomic E-state index is 13.8. The molecule has 2 rings (SSSR count). The van der Waals surface area contributed by atoms with Crippen molar-refractivity contribution in [2.75, 3.05) is 0 Å². The van der Waals surface area contributed by atoms with Crippen LogP contribution in [0.15, 0.2) is 34.2 Å². The van der Waals surface area contributed by atoms with Gasteiger partial charge in [-0.2, -0.15) is 0 Å². The molecule has 2 aromatic rings. The number of oxime groups is 1. The van der Waals surface area contributed by atoms with E-state index in [1.54, 1.807) is 0 Å². The van der Waals surface area contributed by atoms with Gasteiger partial charge in [0, 0.05) is 18.0 Å². The Morgan fingerprint density at radius 3 is 2.89 bits per heavy atom. The molecule has 0 aliphatic carbocycles. The lowest BCUT2D eigenvalue weighted by Gasteiger charge is -2.09. The first kappa shape index (κ1) is 13.5. The standard InChI is InChI=1S/C11H9BrF2N4O/c12-7-1-2-8(13)6(9(7)14)5-18-4-3-16-11(18)10(15)17-19/h1-4,19H,5H2,(H2,15,17). The van der Waals surface area contributed by atoms with Gasteiger partial charge in [-0.1, -0.05) is 5.16 Å². The molecule has 0 aliphatic heterocycles. The Labute approximate surface area is 115 Å². The summed E-state index contributed by atoms with van der Waals surface area (Å²) in [6.07, 6.45) is 2.87. The number of imidazole rings is 1. The summed E-state index contributed by atoms with van der Waals surface area (Å²) in [6, 6.07) is 2.44. The van der Waals surface area contributed by atoms with Gasteiger partial charge in [-0.3, -0.25) is 0 Å². The molecule has 0 spiro atoms. The Balaban J connectivity index is 2.43. The van der Waals surface area contributed by atoms with Crippen molar-refractivity contribution < 1.29 is 14.0 Å². The van der Waals surface area contributed by atoms with Crippen molar-refractivity contribution in [2.24, 2.45) is 10.9 Å². The summed E-state index contributed by atoms with van der Waals surface area (Å²) in [5, 5.41) is 11.4. The van der Waals surface area contributed by atoms with E-state index in [1.165, 1.54) is 23.0 Å². The molecule has 1 heterocycles. The third kappa shape index (κ3) is 2.58. The van der Waals surface area contributed by atoms with Gasteiger partial charge < -0.3 is 15.5 Å². The van der Waals surface area contributed by atoms with Crippen molar-refractivity contribution in [1.29, 1.82) is 0 Å². The van der Waals surface area contributed by atoms with Crippen molar-refractivity contribution in [3.63, 3.8) is 0 Å². The molecule has 0 amide bonds. The van der Waals surface area contributed by atoms with E-state index in [0.717, 1.165) is 6.07 Å². The Morgan fingerprint density at radius 2 is 2.21 bits per heavy atom. The molecule has 0 saturated carbocycles. The van der Waals surface area contributed by atoms with E-state index in [-0.39, 0.29) is 28.2 Å². The van der Waals surface area contributed by atoms with Crippen LogP contribution >= 0.6 is 15.9 Å². The molecule has 0 fully saturated rings. The second-order valence-corrected chi connectivity index (χ2v) is 4.54. The second kappa shape index (κ2) is 5.35. The quantitative estimate of drug-likeness (QED) is 0.297. The predicted octanol–water partition coefficient (Wildman–Crippen LogP) is 2.07. The molecular formula is C11H9BrF2N4O. The lowest BCUT2D eigenvalue weighted by atomic mass is 10.2. The summed E-state index contributed by atoms with van der Waals surface area (Å²) >= 11 is 2.99. The number of halogens is 3.